The molecule has 0 spiro atoms. The second-order valence-electron chi connectivity index (χ2n) is 4.74. The Kier molecular flexibility index (Phi) is 3.52. The van der Waals surface area contributed by atoms with E-state index in [1.54, 1.807) is 0 Å². The Morgan fingerprint density at radius 2 is 1.79 bits per heavy atom. The molecule has 1 fully saturated rings. The van der Waals surface area contributed by atoms with E-state index in [9.17, 15) is 14.7 Å². The minimum absolute atomic E-state index is 0.367. The molecule has 0 saturated heterocycles. The molecule has 0 atom stereocenters. The highest BCUT2D eigenvalue weighted by Crippen LogP contribution is 2.30. The lowest BCUT2D eigenvalue weighted by Crippen LogP contribution is -2.52. The maximum absolute atomic E-state index is 12.1. The number of nitrogens with zero attached hydrogens (tertiary/aromatic N) is 1. The molecule has 98 valence electrons. The van der Waals surface area contributed by atoms with Crippen molar-refractivity contribution in [3.63, 3.8) is 0 Å². The van der Waals surface area contributed by atoms with Gasteiger partial charge in [0.1, 0.15) is 5.54 Å². The van der Waals surface area contributed by atoms with Crippen molar-refractivity contribution in [2.75, 3.05) is 0 Å². The van der Waals surface area contributed by atoms with Gasteiger partial charge in [-0.1, -0.05) is 12.8 Å². The molecule has 1 saturated carbocycles. The van der Waals surface area contributed by atoms with Crippen LogP contribution < -0.4 is 5.32 Å². The van der Waals surface area contributed by atoms with Crippen molar-refractivity contribution in [1.82, 2.24) is 5.32 Å². The summed E-state index contributed by atoms with van der Waals surface area (Å²) in [6.07, 6.45) is 2.54. The van der Waals surface area contributed by atoms with Crippen molar-refractivity contribution in [1.29, 1.82) is 5.26 Å². The molecule has 1 aromatic rings. The van der Waals surface area contributed by atoms with Crippen molar-refractivity contribution in [2.45, 2.75) is 31.2 Å². The van der Waals surface area contributed by atoms with Crippen molar-refractivity contribution in [2.24, 2.45) is 0 Å². The topological polar surface area (TPSA) is 90.2 Å². The van der Waals surface area contributed by atoms with Gasteiger partial charge in [0.05, 0.1) is 11.6 Å². The van der Waals surface area contributed by atoms with E-state index in [0.717, 1.165) is 12.8 Å². The van der Waals surface area contributed by atoms with Gasteiger partial charge in [-0.15, -0.1) is 0 Å². The minimum Gasteiger partial charge on any atom is -0.480 e. The van der Waals surface area contributed by atoms with Crippen LogP contribution in [-0.2, 0) is 4.79 Å². The van der Waals surface area contributed by atoms with Crippen molar-refractivity contribution in [3.05, 3.63) is 35.4 Å². The molecule has 5 heteroatoms. The number of carboxylic acids is 1. The molecule has 1 aliphatic rings. The van der Waals surface area contributed by atoms with E-state index in [4.69, 9.17) is 5.26 Å². The number of carboxylic acid groups (broad SMARTS) is 1. The Morgan fingerprint density at radius 3 is 2.26 bits per heavy atom. The van der Waals surface area contributed by atoms with E-state index >= 15 is 0 Å². The van der Waals surface area contributed by atoms with Crippen LogP contribution in [0.1, 0.15) is 41.6 Å². The van der Waals surface area contributed by atoms with Gasteiger partial charge in [0.2, 0.25) is 0 Å². The number of rotatable bonds is 3. The van der Waals surface area contributed by atoms with Crippen LogP contribution in [0.25, 0.3) is 0 Å². The molecule has 0 aliphatic heterocycles. The van der Waals surface area contributed by atoms with E-state index in [0.29, 0.717) is 24.0 Å². The summed E-state index contributed by atoms with van der Waals surface area (Å²) in [6.45, 7) is 0. The van der Waals surface area contributed by atoms with E-state index in [2.05, 4.69) is 5.32 Å². The molecule has 0 unspecified atom stereocenters. The Hall–Kier alpha value is -2.35. The SMILES string of the molecule is N#Cc1ccc(C(=O)NC2(C(=O)O)CCCC2)cc1. The summed E-state index contributed by atoms with van der Waals surface area (Å²) in [6, 6.07) is 8.10. The summed E-state index contributed by atoms with van der Waals surface area (Å²) < 4.78 is 0. The highest BCUT2D eigenvalue weighted by atomic mass is 16.4. The number of hydrogen-bond donors (Lipinski definition) is 2. The van der Waals surface area contributed by atoms with Gasteiger partial charge in [-0.3, -0.25) is 4.79 Å². The molecular weight excluding hydrogens is 244 g/mol. The maximum atomic E-state index is 12.1. The summed E-state index contributed by atoms with van der Waals surface area (Å²) >= 11 is 0. The van der Waals surface area contributed by atoms with Crippen molar-refractivity contribution >= 4 is 11.9 Å². The molecule has 2 rings (SSSR count). The highest BCUT2D eigenvalue weighted by molar-refractivity contribution is 5.98. The van der Waals surface area contributed by atoms with Crippen LogP contribution >= 0.6 is 0 Å². The summed E-state index contributed by atoms with van der Waals surface area (Å²) in [5.41, 5.74) is -0.303. The molecular formula is C14H14N2O3. The van der Waals surface area contributed by atoms with Gasteiger partial charge >= 0.3 is 5.97 Å². The average Bonchev–Trinajstić information content (AvgIpc) is 2.88. The predicted molar refractivity (Wildman–Crippen MR) is 67.5 cm³/mol. The number of carbonyl (C=O) groups excluding carboxylic acids is 1. The normalized spacial score (nSPS) is 16.6. The smallest absolute Gasteiger partial charge is 0.329 e. The largest absolute Gasteiger partial charge is 0.480 e. The lowest BCUT2D eigenvalue weighted by molar-refractivity contribution is -0.144. The Morgan fingerprint density at radius 1 is 1.21 bits per heavy atom. The molecule has 1 aliphatic carbocycles. The third-order valence-electron chi connectivity index (χ3n) is 3.50. The fourth-order valence-electron chi connectivity index (χ4n) is 2.36. The van der Waals surface area contributed by atoms with Gasteiger partial charge in [0.25, 0.3) is 5.91 Å². The molecule has 1 aromatic carbocycles. The first kappa shape index (κ1) is 13.1. The predicted octanol–water partition coefficient (Wildman–Crippen LogP) is 1.69. The van der Waals surface area contributed by atoms with Crippen molar-refractivity contribution in [3.8, 4) is 6.07 Å². The van der Waals surface area contributed by atoms with E-state index in [1.165, 1.54) is 24.3 Å². The lowest BCUT2D eigenvalue weighted by Gasteiger charge is -2.25. The number of amides is 1. The number of nitrogens with one attached hydrogen (secondary N) is 1. The zero-order valence-corrected chi connectivity index (χ0v) is 10.3. The maximum Gasteiger partial charge on any atom is 0.329 e. The Bertz CT molecular complexity index is 537. The molecule has 0 aromatic heterocycles. The van der Waals surface area contributed by atoms with Crippen LogP contribution in [-0.4, -0.2) is 22.5 Å². The lowest BCUT2D eigenvalue weighted by atomic mass is 9.97. The monoisotopic (exact) mass is 258 g/mol. The van der Waals surface area contributed by atoms with Crippen LogP contribution in [0.2, 0.25) is 0 Å². The van der Waals surface area contributed by atoms with Crippen LogP contribution in [0.4, 0.5) is 0 Å². The Labute approximate surface area is 110 Å². The van der Waals surface area contributed by atoms with Gasteiger partial charge in [-0.25, -0.2) is 4.79 Å². The quantitative estimate of drug-likeness (QED) is 0.863. The van der Waals surface area contributed by atoms with Crippen LogP contribution in [0.5, 0.6) is 0 Å². The number of carbonyl (C=O) groups is 2. The molecule has 19 heavy (non-hydrogen) atoms. The van der Waals surface area contributed by atoms with Gasteiger partial charge in [-0.2, -0.15) is 5.26 Å². The second-order valence-corrected chi connectivity index (χ2v) is 4.74. The highest BCUT2D eigenvalue weighted by Gasteiger charge is 2.42. The zero-order valence-electron chi connectivity index (χ0n) is 10.3. The molecule has 1 amide bonds. The third-order valence-corrected chi connectivity index (χ3v) is 3.50. The van der Waals surface area contributed by atoms with Crippen LogP contribution in [0.15, 0.2) is 24.3 Å². The second kappa shape index (κ2) is 5.11. The molecule has 0 radical (unpaired) electrons. The molecule has 0 heterocycles. The first-order valence-electron chi connectivity index (χ1n) is 6.13. The first-order valence-corrected chi connectivity index (χ1v) is 6.13. The standard InChI is InChI=1S/C14H14N2O3/c15-9-10-3-5-11(6-4-10)12(17)16-14(13(18)19)7-1-2-8-14/h3-6H,1-2,7-8H2,(H,16,17)(H,18,19). The van der Waals surface area contributed by atoms with Gasteiger partial charge in [0.15, 0.2) is 0 Å². The van der Waals surface area contributed by atoms with Crippen LogP contribution in [0.3, 0.4) is 0 Å². The summed E-state index contributed by atoms with van der Waals surface area (Å²) in [5, 5.41) is 20.6. The van der Waals surface area contributed by atoms with E-state index in [-0.39, 0.29) is 0 Å². The molecule has 0 bridgehead atoms. The zero-order chi connectivity index (χ0) is 13.9. The van der Waals surface area contributed by atoms with Crippen molar-refractivity contribution < 1.29 is 14.7 Å². The summed E-state index contributed by atoms with van der Waals surface area (Å²) in [7, 11) is 0. The number of benzene rings is 1. The summed E-state index contributed by atoms with van der Waals surface area (Å²) in [5.74, 6) is -1.39. The first-order chi connectivity index (χ1) is 9.07. The van der Waals surface area contributed by atoms with Gasteiger partial charge in [0, 0.05) is 5.56 Å². The average molecular weight is 258 g/mol. The number of hydrogen-bond acceptors (Lipinski definition) is 3. The minimum atomic E-state index is -1.13. The van der Waals surface area contributed by atoms with E-state index in [1.807, 2.05) is 6.07 Å². The van der Waals surface area contributed by atoms with Crippen LogP contribution in [0, 0.1) is 11.3 Å². The van der Waals surface area contributed by atoms with Gasteiger partial charge in [-0.05, 0) is 37.1 Å². The molecule has 5 nitrogen and oxygen atoms in total. The fourth-order valence-corrected chi connectivity index (χ4v) is 2.36. The molecule has 2 N–H and O–H groups in total. The van der Waals surface area contributed by atoms with E-state index < -0.39 is 17.4 Å². The Balaban J connectivity index is 2.15. The number of nitriles is 1. The van der Waals surface area contributed by atoms with Gasteiger partial charge < -0.3 is 10.4 Å². The third kappa shape index (κ3) is 2.58. The summed E-state index contributed by atoms with van der Waals surface area (Å²) in [4.78, 5) is 23.4. The fraction of sp³-hybridized carbons (Fsp3) is 0.357. The number of aliphatic carboxylic acids is 1.